The summed E-state index contributed by atoms with van der Waals surface area (Å²) in [5.41, 5.74) is -0.115. The fourth-order valence-electron chi connectivity index (χ4n) is 2.04. The molecule has 104 valence electrons. The van der Waals surface area contributed by atoms with E-state index in [-0.39, 0.29) is 24.5 Å². The molecule has 5 nitrogen and oxygen atoms in total. The highest BCUT2D eigenvalue weighted by molar-refractivity contribution is 9.10. The predicted octanol–water partition coefficient (Wildman–Crippen LogP) is 0.984. The van der Waals surface area contributed by atoms with Gasteiger partial charge in [-0.3, -0.25) is 9.59 Å². The maximum absolute atomic E-state index is 12.1. The van der Waals surface area contributed by atoms with Gasteiger partial charge in [0.1, 0.15) is 0 Å². The summed E-state index contributed by atoms with van der Waals surface area (Å²) in [7, 11) is 0. The van der Waals surface area contributed by atoms with Crippen molar-refractivity contribution in [2.24, 2.45) is 0 Å². The molecule has 1 heterocycles. The van der Waals surface area contributed by atoms with Gasteiger partial charge in [-0.15, -0.1) is 0 Å². The van der Waals surface area contributed by atoms with Gasteiger partial charge in [-0.1, -0.05) is 0 Å². The topological polar surface area (TPSA) is 62.5 Å². The summed E-state index contributed by atoms with van der Waals surface area (Å²) in [6, 6.07) is 3.45. The van der Waals surface area contributed by atoms with E-state index in [0.29, 0.717) is 19.1 Å². The number of hydrogen-bond acceptors (Lipinski definition) is 3. The summed E-state index contributed by atoms with van der Waals surface area (Å²) in [5.74, 6) is 0.00317. The van der Waals surface area contributed by atoms with Crippen LogP contribution in [0.5, 0.6) is 0 Å². The van der Waals surface area contributed by atoms with E-state index in [4.69, 9.17) is 5.11 Å². The lowest BCUT2D eigenvalue weighted by Gasteiger charge is -2.21. The van der Waals surface area contributed by atoms with Gasteiger partial charge in [0.2, 0.25) is 5.91 Å². The van der Waals surface area contributed by atoms with E-state index >= 15 is 0 Å². The van der Waals surface area contributed by atoms with E-state index < -0.39 is 0 Å². The third-order valence-electron chi connectivity index (χ3n) is 3.16. The fourth-order valence-corrected chi connectivity index (χ4v) is 2.42. The third-order valence-corrected chi connectivity index (χ3v) is 3.63. The molecule has 1 amide bonds. The van der Waals surface area contributed by atoms with Crippen molar-refractivity contribution in [1.82, 2.24) is 9.47 Å². The lowest BCUT2D eigenvalue weighted by Crippen LogP contribution is -2.36. The molecule has 1 aliphatic rings. The lowest BCUT2D eigenvalue weighted by atomic mass is 10.3. The number of pyridine rings is 1. The number of hydrogen-bond donors (Lipinski definition) is 1. The number of nitrogens with zero attached hydrogens (tertiary/aromatic N) is 2. The largest absolute Gasteiger partial charge is 0.395 e. The van der Waals surface area contributed by atoms with E-state index in [1.54, 1.807) is 17.2 Å². The standard InChI is InChI=1S/C13H17BrN2O3/c14-10-1-4-12(18)15(9-10)6-5-13(19)16(7-8-17)11-2-3-11/h1,4,9,11,17H,2-3,5-8H2. The van der Waals surface area contributed by atoms with E-state index in [9.17, 15) is 9.59 Å². The Kier molecular flexibility index (Phi) is 4.76. The highest BCUT2D eigenvalue weighted by Crippen LogP contribution is 2.27. The zero-order valence-corrected chi connectivity index (χ0v) is 12.2. The SMILES string of the molecule is O=C(CCn1cc(Br)ccc1=O)N(CCO)C1CC1. The van der Waals surface area contributed by atoms with Crippen LogP contribution in [-0.2, 0) is 11.3 Å². The van der Waals surface area contributed by atoms with Crippen LogP contribution in [0.2, 0.25) is 0 Å². The Morgan fingerprint density at radius 3 is 2.84 bits per heavy atom. The molecule has 19 heavy (non-hydrogen) atoms. The van der Waals surface area contributed by atoms with Crippen molar-refractivity contribution in [2.75, 3.05) is 13.2 Å². The molecule has 0 atom stereocenters. The number of aliphatic hydroxyl groups is 1. The zero-order valence-electron chi connectivity index (χ0n) is 10.6. The Morgan fingerprint density at radius 2 is 2.21 bits per heavy atom. The fraction of sp³-hybridized carbons (Fsp3) is 0.538. The van der Waals surface area contributed by atoms with Gasteiger partial charge in [0.05, 0.1) is 6.61 Å². The number of amides is 1. The van der Waals surface area contributed by atoms with Crippen molar-refractivity contribution < 1.29 is 9.90 Å². The van der Waals surface area contributed by atoms with Crippen molar-refractivity contribution in [2.45, 2.75) is 31.8 Å². The molecule has 0 aromatic carbocycles. The second kappa shape index (κ2) is 6.34. The van der Waals surface area contributed by atoms with Crippen LogP contribution in [0.4, 0.5) is 0 Å². The molecule has 0 aliphatic heterocycles. The summed E-state index contributed by atoms with van der Waals surface area (Å²) < 4.78 is 2.33. The Balaban J connectivity index is 1.95. The molecule has 0 spiro atoms. The Hall–Kier alpha value is -1.14. The van der Waals surface area contributed by atoms with Gasteiger partial charge in [-0.25, -0.2) is 0 Å². The van der Waals surface area contributed by atoms with E-state index in [0.717, 1.165) is 17.3 Å². The smallest absolute Gasteiger partial charge is 0.250 e. The van der Waals surface area contributed by atoms with Gasteiger partial charge in [0.15, 0.2) is 0 Å². The van der Waals surface area contributed by atoms with E-state index in [2.05, 4.69) is 15.9 Å². The molecule has 2 rings (SSSR count). The summed E-state index contributed by atoms with van der Waals surface area (Å²) in [6.45, 7) is 0.738. The lowest BCUT2D eigenvalue weighted by molar-refractivity contribution is -0.132. The number of halogens is 1. The second-order valence-corrected chi connectivity index (χ2v) is 5.59. The summed E-state index contributed by atoms with van der Waals surface area (Å²) in [6.07, 6.45) is 4.00. The predicted molar refractivity (Wildman–Crippen MR) is 74.8 cm³/mol. The van der Waals surface area contributed by atoms with Gasteiger partial charge in [0.25, 0.3) is 5.56 Å². The molecule has 1 N–H and O–H groups in total. The number of carbonyl (C=O) groups excluding carboxylic acids is 1. The van der Waals surface area contributed by atoms with Gasteiger partial charge in [-0.05, 0) is 34.8 Å². The van der Waals surface area contributed by atoms with Crippen molar-refractivity contribution in [3.8, 4) is 0 Å². The van der Waals surface area contributed by atoms with E-state index in [1.807, 2.05) is 0 Å². The molecule has 1 aliphatic carbocycles. The van der Waals surface area contributed by atoms with Crippen molar-refractivity contribution in [3.63, 3.8) is 0 Å². The van der Waals surface area contributed by atoms with Gasteiger partial charge < -0.3 is 14.6 Å². The maximum atomic E-state index is 12.1. The molecule has 1 aromatic heterocycles. The molecule has 0 unspecified atom stereocenters. The minimum absolute atomic E-state index is 0.00317. The molecule has 6 heteroatoms. The minimum Gasteiger partial charge on any atom is -0.395 e. The zero-order chi connectivity index (χ0) is 13.8. The first kappa shape index (κ1) is 14.3. The van der Waals surface area contributed by atoms with Gasteiger partial charge in [0, 0.05) is 42.3 Å². The van der Waals surface area contributed by atoms with Crippen LogP contribution in [0.1, 0.15) is 19.3 Å². The quantitative estimate of drug-likeness (QED) is 0.846. The molecule has 1 fully saturated rings. The van der Waals surface area contributed by atoms with Crippen LogP contribution in [-0.4, -0.2) is 39.7 Å². The number of aryl methyl sites for hydroxylation is 1. The van der Waals surface area contributed by atoms with Crippen LogP contribution in [0, 0.1) is 0 Å². The minimum atomic E-state index is -0.115. The second-order valence-electron chi connectivity index (χ2n) is 4.67. The number of rotatable bonds is 6. The van der Waals surface area contributed by atoms with E-state index in [1.165, 1.54) is 10.6 Å². The van der Waals surface area contributed by atoms with Gasteiger partial charge in [-0.2, -0.15) is 0 Å². The molecule has 1 aromatic rings. The Morgan fingerprint density at radius 1 is 1.47 bits per heavy atom. The summed E-state index contributed by atoms with van der Waals surface area (Å²) >= 11 is 3.30. The third kappa shape index (κ3) is 3.91. The molecular weight excluding hydrogens is 312 g/mol. The average Bonchev–Trinajstić information content (AvgIpc) is 3.21. The Bertz CT molecular complexity index is 511. The van der Waals surface area contributed by atoms with Crippen molar-refractivity contribution >= 4 is 21.8 Å². The highest BCUT2D eigenvalue weighted by Gasteiger charge is 2.31. The van der Waals surface area contributed by atoms with Crippen LogP contribution >= 0.6 is 15.9 Å². The van der Waals surface area contributed by atoms with Crippen LogP contribution in [0.3, 0.4) is 0 Å². The Labute approximate surface area is 120 Å². The highest BCUT2D eigenvalue weighted by atomic mass is 79.9. The van der Waals surface area contributed by atoms with Crippen molar-refractivity contribution in [3.05, 3.63) is 33.2 Å². The van der Waals surface area contributed by atoms with Crippen LogP contribution < -0.4 is 5.56 Å². The van der Waals surface area contributed by atoms with Crippen LogP contribution in [0.15, 0.2) is 27.6 Å². The summed E-state index contributed by atoms with van der Waals surface area (Å²) in [4.78, 5) is 25.4. The first-order chi connectivity index (χ1) is 9.11. The molecule has 0 bridgehead atoms. The number of carbonyl (C=O) groups is 1. The average molecular weight is 329 g/mol. The maximum Gasteiger partial charge on any atom is 0.250 e. The molecule has 0 radical (unpaired) electrons. The molecule has 0 saturated heterocycles. The first-order valence-electron chi connectivity index (χ1n) is 6.38. The molecule has 1 saturated carbocycles. The van der Waals surface area contributed by atoms with Crippen LogP contribution in [0.25, 0.3) is 0 Å². The normalized spacial score (nSPS) is 14.4. The van der Waals surface area contributed by atoms with Gasteiger partial charge >= 0.3 is 0 Å². The van der Waals surface area contributed by atoms with Crippen molar-refractivity contribution in [1.29, 1.82) is 0 Å². The number of aliphatic hydroxyl groups excluding tert-OH is 1. The molecular formula is C13H17BrN2O3. The first-order valence-corrected chi connectivity index (χ1v) is 7.17. The monoisotopic (exact) mass is 328 g/mol. The number of aromatic nitrogens is 1. The summed E-state index contributed by atoms with van der Waals surface area (Å²) in [5, 5.41) is 8.97.